The molecule has 0 aromatic rings. The number of hydrogen-bond donors (Lipinski definition) is 2. The minimum absolute atomic E-state index is 0.282. The number of aliphatic hydroxyl groups is 1. The molecule has 4 fully saturated rings. The van der Waals surface area contributed by atoms with Gasteiger partial charge in [0.15, 0.2) is 0 Å². The summed E-state index contributed by atoms with van der Waals surface area (Å²) < 4.78 is 0. The van der Waals surface area contributed by atoms with Gasteiger partial charge in [-0.3, -0.25) is 0 Å². The summed E-state index contributed by atoms with van der Waals surface area (Å²) >= 11 is 0. The second-order valence-corrected chi connectivity index (χ2v) is 8.26. The van der Waals surface area contributed by atoms with E-state index in [1.165, 1.54) is 25.7 Å². The van der Waals surface area contributed by atoms with Gasteiger partial charge in [0.1, 0.15) is 0 Å². The molecule has 19 heavy (non-hydrogen) atoms. The van der Waals surface area contributed by atoms with Crippen molar-refractivity contribution in [1.82, 2.24) is 5.32 Å². The molecule has 0 aliphatic heterocycles. The van der Waals surface area contributed by atoms with Crippen LogP contribution in [0.2, 0.25) is 0 Å². The van der Waals surface area contributed by atoms with Gasteiger partial charge in [0.05, 0.1) is 5.60 Å². The van der Waals surface area contributed by atoms with E-state index in [1.54, 1.807) is 0 Å². The second kappa shape index (κ2) is 5.04. The lowest BCUT2D eigenvalue weighted by atomic mass is 9.52. The van der Waals surface area contributed by atoms with Crippen molar-refractivity contribution in [3.05, 3.63) is 0 Å². The number of rotatable bonds is 5. The van der Waals surface area contributed by atoms with Gasteiger partial charge >= 0.3 is 0 Å². The fourth-order valence-corrected chi connectivity index (χ4v) is 5.25. The third kappa shape index (κ3) is 2.85. The maximum atomic E-state index is 10.6. The van der Waals surface area contributed by atoms with Gasteiger partial charge in [-0.1, -0.05) is 13.8 Å². The molecule has 2 heteroatoms. The highest BCUT2D eigenvalue weighted by Crippen LogP contribution is 2.55. The van der Waals surface area contributed by atoms with Gasteiger partial charge in [0, 0.05) is 12.1 Å². The van der Waals surface area contributed by atoms with E-state index in [9.17, 15) is 5.11 Å². The normalized spacial score (nSPS) is 45.9. The topological polar surface area (TPSA) is 32.3 Å². The molecule has 3 unspecified atom stereocenters. The fraction of sp³-hybridized carbons (Fsp3) is 1.00. The zero-order valence-corrected chi connectivity index (χ0v) is 12.9. The molecule has 4 aliphatic carbocycles. The van der Waals surface area contributed by atoms with Gasteiger partial charge in [0.25, 0.3) is 0 Å². The predicted octanol–water partition coefficient (Wildman–Crippen LogP) is 3.34. The lowest BCUT2D eigenvalue weighted by Gasteiger charge is -2.58. The smallest absolute Gasteiger partial charge is 0.0657 e. The molecule has 0 aromatic heterocycles. The molecule has 2 N–H and O–H groups in total. The second-order valence-electron chi connectivity index (χ2n) is 8.26. The fourth-order valence-electron chi connectivity index (χ4n) is 5.25. The molecule has 4 bridgehead atoms. The minimum atomic E-state index is -0.282. The van der Waals surface area contributed by atoms with Crippen molar-refractivity contribution in [2.24, 2.45) is 23.7 Å². The van der Waals surface area contributed by atoms with Crippen LogP contribution in [0.5, 0.6) is 0 Å². The van der Waals surface area contributed by atoms with Crippen LogP contribution in [0.1, 0.15) is 65.7 Å². The molecule has 0 aromatic carbocycles. The van der Waals surface area contributed by atoms with Crippen LogP contribution >= 0.6 is 0 Å². The van der Waals surface area contributed by atoms with Gasteiger partial charge in [-0.05, 0) is 75.5 Å². The van der Waals surface area contributed by atoms with Gasteiger partial charge in [-0.15, -0.1) is 0 Å². The van der Waals surface area contributed by atoms with Gasteiger partial charge < -0.3 is 10.4 Å². The Morgan fingerprint density at radius 2 is 1.68 bits per heavy atom. The van der Waals surface area contributed by atoms with E-state index in [-0.39, 0.29) is 5.60 Å². The summed E-state index contributed by atoms with van der Waals surface area (Å²) in [5.41, 5.74) is -0.282. The van der Waals surface area contributed by atoms with Crippen molar-refractivity contribution in [3.63, 3.8) is 0 Å². The lowest BCUT2D eigenvalue weighted by molar-refractivity contribution is -0.139. The maximum absolute atomic E-state index is 10.6. The first-order valence-corrected chi connectivity index (χ1v) is 8.43. The maximum Gasteiger partial charge on any atom is 0.0657 e. The highest BCUT2D eigenvalue weighted by atomic mass is 16.3. The van der Waals surface area contributed by atoms with Crippen molar-refractivity contribution in [2.45, 2.75) is 83.4 Å². The third-order valence-electron chi connectivity index (χ3n) is 5.89. The van der Waals surface area contributed by atoms with E-state index < -0.39 is 0 Å². The summed E-state index contributed by atoms with van der Waals surface area (Å²) in [7, 11) is 0. The van der Waals surface area contributed by atoms with E-state index in [2.05, 4.69) is 26.1 Å². The zero-order chi connectivity index (χ0) is 13.6. The first kappa shape index (κ1) is 13.9. The molecular formula is C17H31NO. The summed E-state index contributed by atoms with van der Waals surface area (Å²) in [5, 5.41) is 14.5. The highest BCUT2D eigenvalue weighted by Gasteiger charge is 2.54. The van der Waals surface area contributed by atoms with Crippen molar-refractivity contribution in [3.8, 4) is 0 Å². The predicted molar refractivity (Wildman–Crippen MR) is 79.0 cm³/mol. The Kier molecular flexibility index (Phi) is 3.68. The van der Waals surface area contributed by atoms with Crippen LogP contribution in [0.4, 0.5) is 0 Å². The number of hydrogen-bond acceptors (Lipinski definition) is 2. The van der Waals surface area contributed by atoms with E-state index in [0.29, 0.717) is 12.1 Å². The summed E-state index contributed by atoms with van der Waals surface area (Å²) in [6, 6.07) is 1.33. The first-order chi connectivity index (χ1) is 8.95. The van der Waals surface area contributed by atoms with Crippen LogP contribution in [-0.4, -0.2) is 22.8 Å². The molecule has 4 aliphatic rings. The first-order valence-electron chi connectivity index (χ1n) is 8.43. The van der Waals surface area contributed by atoms with E-state index in [0.717, 1.165) is 42.9 Å². The van der Waals surface area contributed by atoms with Crippen LogP contribution < -0.4 is 5.32 Å². The molecule has 4 saturated carbocycles. The minimum Gasteiger partial charge on any atom is -0.390 e. The van der Waals surface area contributed by atoms with Gasteiger partial charge in [-0.25, -0.2) is 0 Å². The van der Waals surface area contributed by atoms with Crippen molar-refractivity contribution < 1.29 is 5.11 Å². The molecular weight excluding hydrogens is 234 g/mol. The monoisotopic (exact) mass is 265 g/mol. The molecule has 2 nitrogen and oxygen atoms in total. The number of nitrogens with one attached hydrogen (secondary N) is 1. The Bertz CT molecular complexity index is 311. The molecule has 110 valence electrons. The van der Waals surface area contributed by atoms with Crippen molar-refractivity contribution in [1.29, 1.82) is 0 Å². The van der Waals surface area contributed by atoms with E-state index in [1.807, 2.05) is 0 Å². The van der Waals surface area contributed by atoms with Crippen LogP contribution in [0, 0.1) is 23.7 Å². The highest BCUT2D eigenvalue weighted by molar-refractivity contribution is 5.08. The largest absolute Gasteiger partial charge is 0.390 e. The van der Waals surface area contributed by atoms with E-state index >= 15 is 0 Å². The van der Waals surface area contributed by atoms with Crippen LogP contribution in [0.3, 0.4) is 0 Å². The van der Waals surface area contributed by atoms with Crippen LogP contribution in [0.25, 0.3) is 0 Å². The third-order valence-corrected chi connectivity index (χ3v) is 5.89. The summed E-state index contributed by atoms with van der Waals surface area (Å²) in [6.07, 6.45) is 8.57. The average molecular weight is 265 g/mol. The quantitative estimate of drug-likeness (QED) is 0.799. The molecule has 0 saturated heterocycles. The van der Waals surface area contributed by atoms with Gasteiger partial charge in [-0.2, -0.15) is 0 Å². The lowest BCUT2D eigenvalue weighted by Crippen LogP contribution is -2.61. The summed E-state index contributed by atoms with van der Waals surface area (Å²) in [6.45, 7) is 6.97. The Morgan fingerprint density at radius 3 is 2.21 bits per heavy atom. The average Bonchev–Trinajstić information content (AvgIpc) is 2.29. The van der Waals surface area contributed by atoms with Gasteiger partial charge in [0.2, 0.25) is 0 Å². The Labute approximate surface area is 118 Å². The zero-order valence-electron chi connectivity index (χ0n) is 12.9. The van der Waals surface area contributed by atoms with Crippen LogP contribution in [0.15, 0.2) is 0 Å². The summed E-state index contributed by atoms with van der Waals surface area (Å²) in [5.74, 6) is 3.13. The molecule has 0 heterocycles. The molecule has 4 rings (SSSR count). The Morgan fingerprint density at radius 1 is 1.05 bits per heavy atom. The molecule has 0 amide bonds. The molecule has 0 spiro atoms. The Balaban J connectivity index is 1.57. The summed E-state index contributed by atoms with van der Waals surface area (Å²) in [4.78, 5) is 0. The standard InChI is InChI=1S/C17H31NO/c1-11(2)4-5-12(3)18-16-14-6-13-7-15(16)10-17(19,8-13)9-14/h11-16,18-19H,4-10H2,1-3H3. The van der Waals surface area contributed by atoms with Crippen LogP contribution in [-0.2, 0) is 0 Å². The van der Waals surface area contributed by atoms with E-state index in [4.69, 9.17) is 0 Å². The Hall–Kier alpha value is -0.0800. The SMILES string of the molecule is CC(C)CCC(C)NC1C2CC3CC1CC(O)(C3)C2. The van der Waals surface area contributed by atoms with Crippen molar-refractivity contribution in [2.75, 3.05) is 0 Å². The molecule has 3 atom stereocenters. The van der Waals surface area contributed by atoms with Crippen molar-refractivity contribution >= 4 is 0 Å². The molecule has 0 radical (unpaired) electrons.